The van der Waals surface area contributed by atoms with Crippen molar-refractivity contribution < 1.29 is 0 Å². The number of nitrogens with zero attached hydrogens (tertiary/aromatic N) is 2. The lowest BCUT2D eigenvalue weighted by atomic mass is 10.2. The first kappa shape index (κ1) is 14.0. The van der Waals surface area contributed by atoms with Crippen molar-refractivity contribution in [3.8, 4) is 0 Å². The van der Waals surface area contributed by atoms with E-state index in [2.05, 4.69) is 59.3 Å². The Morgan fingerprint density at radius 2 is 2.21 bits per heavy atom. The van der Waals surface area contributed by atoms with E-state index >= 15 is 0 Å². The van der Waals surface area contributed by atoms with Gasteiger partial charge in [-0.15, -0.1) is 0 Å². The van der Waals surface area contributed by atoms with Gasteiger partial charge < -0.3 is 15.2 Å². The Kier molecular flexibility index (Phi) is 4.56. The zero-order valence-electron chi connectivity index (χ0n) is 12.3. The van der Waals surface area contributed by atoms with E-state index in [0.29, 0.717) is 6.04 Å². The lowest BCUT2D eigenvalue weighted by molar-refractivity contribution is 0.309. The summed E-state index contributed by atoms with van der Waals surface area (Å²) in [5, 5.41) is 3.56. The Bertz CT molecular complexity index is 532. The van der Waals surface area contributed by atoms with Crippen molar-refractivity contribution in [2.75, 3.05) is 20.1 Å². The predicted octanol–water partition coefficient (Wildman–Crippen LogP) is 2.30. The first-order chi connectivity index (χ1) is 9.08. The number of imidazole rings is 1. The monoisotopic (exact) mass is 260 g/mol. The molecule has 1 aromatic heterocycles. The third-order valence-corrected chi connectivity index (χ3v) is 3.44. The molecule has 0 amide bonds. The molecule has 2 aromatic rings. The van der Waals surface area contributed by atoms with Crippen molar-refractivity contribution in [1.82, 2.24) is 20.2 Å². The second-order valence-corrected chi connectivity index (χ2v) is 5.31. The van der Waals surface area contributed by atoms with E-state index in [1.165, 1.54) is 5.56 Å². The molecular formula is C15H24N4. The van der Waals surface area contributed by atoms with Crippen LogP contribution in [0.2, 0.25) is 0 Å². The van der Waals surface area contributed by atoms with Crippen molar-refractivity contribution in [2.45, 2.75) is 33.4 Å². The molecule has 0 saturated carbocycles. The van der Waals surface area contributed by atoms with Crippen LogP contribution in [0, 0.1) is 6.92 Å². The molecule has 104 valence electrons. The van der Waals surface area contributed by atoms with E-state index in [9.17, 15) is 0 Å². The standard InChI is InChI=1S/C15H24N4/c1-5-19(4)10-11(2)16-9-13-6-7-14-15(8-13)18-12(3)17-14/h6-8,11,16H,5,9-10H2,1-4H3,(H,17,18). The van der Waals surface area contributed by atoms with Crippen LogP contribution >= 0.6 is 0 Å². The molecule has 2 N–H and O–H groups in total. The van der Waals surface area contributed by atoms with Gasteiger partial charge in [0.2, 0.25) is 0 Å². The molecule has 19 heavy (non-hydrogen) atoms. The molecule has 0 radical (unpaired) electrons. The van der Waals surface area contributed by atoms with Crippen LogP contribution in [0.4, 0.5) is 0 Å². The average Bonchev–Trinajstić information content (AvgIpc) is 2.75. The fourth-order valence-electron chi connectivity index (χ4n) is 2.25. The number of aryl methyl sites for hydroxylation is 1. The summed E-state index contributed by atoms with van der Waals surface area (Å²) in [4.78, 5) is 10.0. The van der Waals surface area contributed by atoms with Crippen LogP contribution in [0.1, 0.15) is 25.2 Å². The summed E-state index contributed by atoms with van der Waals surface area (Å²) >= 11 is 0. The van der Waals surface area contributed by atoms with E-state index in [0.717, 1.165) is 36.5 Å². The number of fused-ring (bicyclic) bond motifs is 1. The van der Waals surface area contributed by atoms with Crippen molar-refractivity contribution in [1.29, 1.82) is 0 Å². The Morgan fingerprint density at radius 1 is 1.42 bits per heavy atom. The third-order valence-electron chi connectivity index (χ3n) is 3.44. The van der Waals surface area contributed by atoms with Crippen molar-refractivity contribution in [3.05, 3.63) is 29.6 Å². The van der Waals surface area contributed by atoms with Crippen LogP contribution in [-0.2, 0) is 6.54 Å². The normalized spacial score (nSPS) is 13.3. The molecule has 1 heterocycles. The number of H-pyrrole nitrogens is 1. The summed E-state index contributed by atoms with van der Waals surface area (Å²) in [5.41, 5.74) is 3.46. The van der Waals surface area contributed by atoms with Crippen LogP contribution in [-0.4, -0.2) is 41.0 Å². The van der Waals surface area contributed by atoms with E-state index in [1.807, 2.05) is 6.92 Å². The zero-order valence-corrected chi connectivity index (χ0v) is 12.3. The minimum Gasteiger partial charge on any atom is -0.342 e. The summed E-state index contributed by atoms with van der Waals surface area (Å²) < 4.78 is 0. The summed E-state index contributed by atoms with van der Waals surface area (Å²) in [6.07, 6.45) is 0. The molecular weight excluding hydrogens is 236 g/mol. The highest BCUT2D eigenvalue weighted by molar-refractivity contribution is 5.75. The molecule has 1 unspecified atom stereocenters. The number of hydrogen-bond donors (Lipinski definition) is 2. The molecule has 0 aliphatic carbocycles. The Labute approximate surface area is 115 Å². The summed E-state index contributed by atoms with van der Waals surface area (Å²) in [7, 11) is 2.15. The topological polar surface area (TPSA) is 44.0 Å². The van der Waals surface area contributed by atoms with Gasteiger partial charge in [-0.2, -0.15) is 0 Å². The molecule has 4 heteroatoms. The molecule has 1 aromatic carbocycles. The molecule has 1 atom stereocenters. The van der Waals surface area contributed by atoms with Gasteiger partial charge in [0.25, 0.3) is 0 Å². The largest absolute Gasteiger partial charge is 0.342 e. The van der Waals surface area contributed by atoms with Crippen LogP contribution < -0.4 is 5.32 Å². The Balaban J connectivity index is 1.94. The lowest BCUT2D eigenvalue weighted by Crippen LogP contribution is -2.36. The van der Waals surface area contributed by atoms with E-state index in [4.69, 9.17) is 0 Å². The molecule has 0 bridgehead atoms. The van der Waals surface area contributed by atoms with Gasteiger partial charge >= 0.3 is 0 Å². The van der Waals surface area contributed by atoms with Gasteiger partial charge in [-0.05, 0) is 45.1 Å². The average molecular weight is 260 g/mol. The second kappa shape index (κ2) is 6.17. The molecule has 2 rings (SSSR count). The van der Waals surface area contributed by atoms with Crippen molar-refractivity contribution in [2.24, 2.45) is 0 Å². The van der Waals surface area contributed by atoms with Gasteiger partial charge in [0.1, 0.15) is 5.82 Å². The first-order valence-electron chi connectivity index (χ1n) is 6.95. The number of likely N-dealkylation sites (N-methyl/N-ethyl adjacent to an activating group) is 1. The third kappa shape index (κ3) is 3.78. The fraction of sp³-hybridized carbons (Fsp3) is 0.533. The highest BCUT2D eigenvalue weighted by Crippen LogP contribution is 2.13. The molecule has 0 aliphatic rings. The molecule has 0 saturated heterocycles. The quantitative estimate of drug-likeness (QED) is 0.837. The van der Waals surface area contributed by atoms with Crippen LogP contribution in [0.25, 0.3) is 11.0 Å². The summed E-state index contributed by atoms with van der Waals surface area (Å²) in [6, 6.07) is 6.90. The smallest absolute Gasteiger partial charge is 0.104 e. The molecule has 0 fully saturated rings. The number of nitrogens with one attached hydrogen (secondary N) is 2. The molecule has 0 spiro atoms. The van der Waals surface area contributed by atoms with Gasteiger partial charge in [-0.1, -0.05) is 13.0 Å². The first-order valence-corrected chi connectivity index (χ1v) is 6.95. The summed E-state index contributed by atoms with van der Waals surface area (Å²) in [6.45, 7) is 9.45. The maximum atomic E-state index is 4.42. The minimum absolute atomic E-state index is 0.490. The highest BCUT2D eigenvalue weighted by atomic mass is 15.1. The Morgan fingerprint density at radius 3 is 2.95 bits per heavy atom. The van der Waals surface area contributed by atoms with Crippen LogP contribution in [0.3, 0.4) is 0 Å². The number of aromatic amines is 1. The SMILES string of the molecule is CCN(C)CC(C)NCc1ccc2nc(C)[nH]c2c1. The lowest BCUT2D eigenvalue weighted by Gasteiger charge is -2.20. The fourth-order valence-corrected chi connectivity index (χ4v) is 2.25. The van der Waals surface area contributed by atoms with Crippen LogP contribution in [0.15, 0.2) is 18.2 Å². The minimum atomic E-state index is 0.490. The van der Waals surface area contributed by atoms with Gasteiger partial charge in [-0.25, -0.2) is 4.98 Å². The number of rotatable bonds is 6. The highest BCUT2D eigenvalue weighted by Gasteiger charge is 2.05. The van der Waals surface area contributed by atoms with E-state index < -0.39 is 0 Å². The maximum Gasteiger partial charge on any atom is 0.104 e. The van der Waals surface area contributed by atoms with Gasteiger partial charge in [0.05, 0.1) is 11.0 Å². The second-order valence-electron chi connectivity index (χ2n) is 5.31. The molecule has 0 aliphatic heterocycles. The maximum absolute atomic E-state index is 4.42. The van der Waals surface area contributed by atoms with Crippen molar-refractivity contribution >= 4 is 11.0 Å². The van der Waals surface area contributed by atoms with E-state index in [-0.39, 0.29) is 0 Å². The van der Waals surface area contributed by atoms with Gasteiger partial charge in [0, 0.05) is 19.1 Å². The van der Waals surface area contributed by atoms with E-state index in [1.54, 1.807) is 0 Å². The number of benzene rings is 1. The van der Waals surface area contributed by atoms with Crippen LogP contribution in [0.5, 0.6) is 0 Å². The molecule has 4 nitrogen and oxygen atoms in total. The number of hydrogen-bond acceptors (Lipinski definition) is 3. The Hall–Kier alpha value is -1.39. The van der Waals surface area contributed by atoms with Gasteiger partial charge in [0.15, 0.2) is 0 Å². The van der Waals surface area contributed by atoms with Crippen molar-refractivity contribution in [3.63, 3.8) is 0 Å². The van der Waals surface area contributed by atoms with Gasteiger partial charge in [-0.3, -0.25) is 0 Å². The summed E-state index contributed by atoms with van der Waals surface area (Å²) in [5.74, 6) is 0.970. The number of aromatic nitrogens is 2. The zero-order chi connectivity index (χ0) is 13.8. The predicted molar refractivity (Wildman–Crippen MR) is 80.3 cm³/mol.